The number of nitrogens with one attached hydrogen (secondary N) is 1. The quantitative estimate of drug-likeness (QED) is 0.515. The molecule has 0 aliphatic rings. The van der Waals surface area contributed by atoms with E-state index in [1.165, 1.54) is 33.5 Å². The number of benzene rings is 2. The highest BCUT2D eigenvalue weighted by Gasteiger charge is 2.17. The summed E-state index contributed by atoms with van der Waals surface area (Å²) in [5.74, 6) is 0.997. The van der Waals surface area contributed by atoms with Crippen LogP contribution in [0.2, 0.25) is 0 Å². The summed E-state index contributed by atoms with van der Waals surface area (Å²) in [5.41, 5.74) is 0.358. The fourth-order valence-electron chi connectivity index (χ4n) is 2.67. The molecule has 2 aromatic carbocycles. The minimum Gasteiger partial charge on any atom is -0.497 e. The number of hydrogen-bond donors (Lipinski definition) is 1. The standard InChI is InChI=1S/C20H21N3O6S2/c1-27-14-5-7-15(8-6-14)31(25,26)11-10-18-22-23-20(30-18)21-19(24)13-4-9-16(28-2)17(12-13)29-3/h4-9,12H,10-11H2,1-3H3,(H,21,23,24). The largest absolute Gasteiger partial charge is 0.497 e. The van der Waals surface area contributed by atoms with Crippen LogP contribution in [0.25, 0.3) is 0 Å². The highest BCUT2D eigenvalue weighted by molar-refractivity contribution is 7.91. The molecule has 0 bridgehead atoms. The molecule has 0 atom stereocenters. The van der Waals surface area contributed by atoms with Crippen molar-refractivity contribution < 1.29 is 27.4 Å². The van der Waals surface area contributed by atoms with Crippen LogP contribution in [0.4, 0.5) is 5.13 Å². The first-order chi connectivity index (χ1) is 14.9. The van der Waals surface area contributed by atoms with Crippen molar-refractivity contribution in [3.63, 3.8) is 0 Å². The topological polar surface area (TPSA) is 117 Å². The van der Waals surface area contributed by atoms with Gasteiger partial charge in [-0.1, -0.05) is 11.3 Å². The molecule has 0 unspecified atom stereocenters. The molecule has 0 spiro atoms. The van der Waals surface area contributed by atoms with Gasteiger partial charge < -0.3 is 14.2 Å². The number of sulfone groups is 1. The number of hydrogen-bond acceptors (Lipinski definition) is 9. The third-order valence-corrected chi connectivity index (χ3v) is 6.97. The molecule has 31 heavy (non-hydrogen) atoms. The number of amides is 1. The summed E-state index contributed by atoms with van der Waals surface area (Å²) in [5, 5.41) is 11.3. The third kappa shape index (κ3) is 5.50. The Morgan fingerprint density at radius 2 is 1.68 bits per heavy atom. The maximum Gasteiger partial charge on any atom is 0.257 e. The Kier molecular flexibility index (Phi) is 7.08. The monoisotopic (exact) mass is 463 g/mol. The Morgan fingerprint density at radius 3 is 2.32 bits per heavy atom. The van der Waals surface area contributed by atoms with E-state index in [0.717, 1.165) is 11.3 Å². The molecular formula is C20H21N3O6S2. The van der Waals surface area contributed by atoms with Crippen LogP contribution in [-0.2, 0) is 16.3 Å². The molecule has 1 amide bonds. The molecule has 1 N–H and O–H groups in total. The molecule has 0 fully saturated rings. The van der Waals surface area contributed by atoms with Gasteiger partial charge >= 0.3 is 0 Å². The number of carbonyl (C=O) groups is 1. The fraction of sp³-hybridized carbons (Fsp3) is 0.250. The number of anilines is 1. The second-order valence-electron chi connectivity index (χ2n) is 6.27. The summed E-state index contributed by atoms with van der Waals surface area (Å²) in [6.45, 7) is 0. The second-order valence-corrected chi connectivity index (χ2v) is 9.44. The Morgan fingerprint density at radius 1 is 0.968 bits per heavy atom. The molecule has 3 rings (SSSR count). The minimum absolute atomic E-state index is 0.127. The van der Waals surface area contributed by atoms with E-state index >= 15 is 0 Å². The SMILES string of the molecule is COc1ccc(S(=O)(=O)CCc2nnc(NC(=O)c3ccc(OC)c(OC)c3)s2)cc1. The molecule has 11 heteroatoms. The Balaban J connectivity index is 1.63. The van der Waals surface area contributed by atoms with Gasteiger partial charge in [-0.05, 0) is 42.5 Å². The van der Waals surface area contributed by atoms with Gasteiger partial charge in [0.25, 0.3) is 5.91 Å². The molecule has 1 heterocycles. The van der Waals surface area contributed by atoms with E-state index in [4.69, 9.17) is 14.2 Å². The third-order valence-electron chi connectivity index (χ3n) is 4.34. The van der Waals surface area contributed by atoms with Gasteiger partial charge in [-0.15, -0.1) is 10.2 Å². The molecule has 1 aromatic heterocycles. The smallest absolute Gasteiger partial charge is 0.257 e. The zero-order valence-electron chi connectivity index (χ0n) is 17.1. The lowest BCUT2D eigenvalue weighted by molar-refractivity contribution is 0.102. The van der Waals surface area contributed by atoms with Crippen molar-refractivity contribution >= 4 is 32.2 Å². The lowest BCUT2D eigenvalue weighted by Gasteiger charge is -2.08. The van der Waals surface area contributed by atoms with Crippen molar-refractivity contribution in [1.82, 2.24) is 10.2 Å². The van der Waals surface area contributed by atoms with E-state index in [1.807, 2.05) is 0 Å². The van der Waals surface area contributed by atoms with E-state index in [2.05, 4.69) is 15.5 Å². The van der Waals surface area contributed by atoms with E-state index in [1.54, 1.807) is 30.3 Å². The normalized spacial score (nSPS) is 11.1. The van der Waals surface area contributed by atoms with Crippen molar-refractivity contribution in [2.24, 2.45) is 0 Å². The molecule has 0 saturated carbocycles. The highest BCUT2D eigenvalue weighted by atomic mass is 32.2. The molecular weight excluding hydrogens is 442 g/mol. The second kappa shape index (κ2) is 9.75. The summed E-state index contributed by atoms with van der Waals surface area (Å²) in [4.78, 5) is 12.7. The van der Waals surface area contributed by atoms with Crippen molar-refractivity contribution in [1.29, 1.82) is 0 Å². The summed E-state index contributed by atoms with van der Waals surface area (Å²) < 4.78 is 40.4. The van der Waals surface area contributed by atoms with Crippen LogP contribution in [0.3, 0.4) is 0 Å². The number of carbonyl (C=O) groups excluding carboxylic acids is 1. The minimum atomic E-state index is -3.48. The number of aromatic nitrogens is 2. The van der Waals surface area contributed by atoms with Crippen molar-refractivity contribution in [2.45, 2.75) is 11.3 Å². The predicted octanol–water partition coefficient (Wildman–Crippen LogP) is 2.83. The molecule has 0 aliphatic carbocycles. The first-order valence-electron chi connectivity index (χ1n) is 9.09. The highest BCUT2D eigenvalue weighted by Crippen LogP contribution is 2.28. The summed E-state index contributed by atoms with van der Waals surface area (Å²) >= 11 is 1.12. The molecule has 0 aliphatic heterocycles. The predicted molar refractivity (Wildman–Crippen MR) is 116 cm³/mol. The van der Waals surface area contributed by atoms with E-state index in [0.29, 0.717) is 27.8 Å². The van der Waals surface area contributed by atoms with Crippen molar-refractivity contribution in [3.05, 3.63) is 53.0 Å². The first-order valence-corrected chi connectivity index (χ1v) is 11.6. The van der Waals surface area contributed by atoms with Crippen LogP contribution in [-0.4, -0.2) is 51.6 Å². The van der Waals surface area contributed by atoms with Crippen LogP contribution in [0.15, 0.2) is 47.4 Å². The molecule has 0 saturated heterocycles. The maximum absolute atomic E-state index is 12.5. The van der Waals surface area contributed by atoms with Gasteiger partial charge in [0.1, 0.15) is 10.8 Å². The van der Waals surface area contributed by atoms with Crippen molar-refractivity contribution in [3.8, 4) is 17.2 Å². The molecule has 164 valence electrons. The van der Waals surface area contributed by atoms with Crippen LogP contribution in [0.5, 0.6) is 17.2 Å². The molecule has 9 nitrogen and oxygen atoms in total. The Hall–Kier alpha value is -3.18. The van der Waals surface area contributed by atoms with Crippen LogP contribution >= 0.6 is 11.3 Å². The lowest BCUT2D eigenvalue weighted by Crippen LogP contribution is -2.12. The lowest BCUT2D eigenvalue weighted by atomic mass is 10.2. The zero-order chi connectivity index (χ0) is 22.4. The average Bonchev–Trinajstić information content (AvgIpc) is 3.24. The summed E-state index contributed by atoms with van der Waals surface area (Å²) in [6.07, 6.45) is 0.179. The fourth-order valence-corrected chi connectivity index (χ4v) is 4.79. The number of methoxy groups -OCH3 is 3. The van der Waals surface area contributed by atoms with Crippen LogP contribution in [0.1, 0.15) is 15.4 Å². The summed E-state index contributed by atoms with van der Waals surface area (Å²) in [6, 6.07) is 11.0. The van der Waals surface area contributed by atoms with Crippen LogP contribution in [0, 0.1) is 0 Å². The molecule has 0 radical (unpaired) electrons. The Bertz CT molecular complexity index is 1160. The van der Waals surface area contributed by atoms with Gasteiger partial charge in [0.2, 0.25) is 5.13 Å². The van der Waals surface area contributed by atoms with Gasteiger partial charge in [0, 0.05) is 12.0 Å². The number of ether oxygens (including phenoxy) is 3. The average molecular weight is 464 g/mol. The van der Waals surface area contributed by atoms with Gasteiger partial charge in [-0.3, -0.25) is 10.1 Å². The van der Waals surface area contributed by atoms with Crippen LogP contribution < -0.4 is 19.5 Å². The van der Waals surface area contributed by atoms with Gasteiger partial charge in [-0.2, -0.15) is 0 Å². The zero-order valence-corrected chi connectivity index (χ0v) is 18.7. The summed E-state index contributed by atoms with van der Waals surface area (Å²) in [7, 11) is 1.02. The Labute approximate surface area is 183 Å². The molecule has 3 aromatic rings. The number of nitrogens with zero attached hydrogens (tertiary/aromatic N) is 2. The van der Waals surface area contributed by atoms with E-state index in [9.17, 15) is 13.2 Å². The van der Waals surface area contributed by atoms with Gasteiger partial charge in [0.05, 0.1) is 32.0 Å². The maximum atomic E-state index is 12.5. The van der Waals surface area contributed by atoms with Crippen molar-refractivity contribution in [2.75, 3.05) is 32.4 Å². The number of aryl methyl sites for hydroxylation is 1. The van der Waals surface area contributed by atoms with E-state index < -0.39 is 15.7 Å². The van der Waals surface area contributed by atoms with Gasteiger partial charge in [0.15, 0.2) is 21.3 Å². The number of rotatable bonds is 9. The first kappa shape index (κ1) is 22.5. The van der Waals surface area contributed by atoms with E-state index in [-0.39, 0.29) is 22.2 Å². The van der Waals surface area contributed by atoms with Gasteiger partial charge in [-0.25, -0.2) is 8.42 Å².